The van der Waals surface area contributed by atoms with Crippen LogP contribution in [-0.4, -0.2) is 21.7 Å². The van der Waals surface area contributed by atoms with Crippen molar-refractivity contribution in [2.24, 2.45) is 14.1 Å². The van der Waals surface area contributed by atoms with Gasteiger partial charge in [0.2, 0.25) is 0 Å². The molecule has 0 saturated carbocycles. The van der Waals surface area contributed by atoms with Gasteiger partial charge in [-0.3, -0.25) is 13.9 Å². The average Bonchev–Trinajstić information content (AvgIpc) is 2.60. The molecule has 0 aliphatic carbocycles. The molecule has 24 heavy (non-hydrogen) atoms. The predicted octanol–water partition coefficient (Wildman–Crippen LogP) is 0.769. The number of benzene rings is 1. The maximum Gasteiger partial charge on any atom is 0.344 e. The predicted molar refractivity (Wildman–Crippen MR) is 88.0 cm³/mol. The van der Waals surface area contributed by atoms with Gasteiger partial charge in [-0.05, 0) is 18.1 Å². The van der Waals surface area contributed by atoms with Crippen LogP contribution < -0.4 is 16.0 Å². The van der Waals surface area contributed by atoms with Crippen molar-refractivity contribution >= 4 is 5.97 Å². The number of carbonyl (C=O) groups is 1. The summed E-state index contributed by atoms with van der Waals surface area (Å²) in [5.74, 6) is 0.0620. The smallest absolute Gasteiger partial charge is 0.344 e. The van der Waals surface area contributed by atoms with E-state index in [1.54, 1.807) is 6.07 Å². The SMILES string of the molecule is CCc1ccccc1OCC(=O)OCc1cc(=O)n(C)c(=O)n1C. The van der Waals surface area contributed by atoms with Crippen LogP contribution in [0.1, 0.15) is 18.2 Å². The third-order valence-electron chi connectivity index (χ3n) is 3.71. The Kier molecular flexibility index (Phi) is 5.57. The van der Waals surface area contributed by atoms with E-state index < -0.39 is 17.2 Å². The van der Waals surface area contributed by atoms with E-state index in [0.717, 1.165) is 16.6 Å². The first-order valence-electron chi connectivity index (χ1n) is 7.56. The second-order valence-electron chi connectivity index (χ2n) is 5.29. The third-order valence-corrected chi connectivity index (χ3v) is 3.71. The largest absolute Gasteiger partial charge is 0.482 e. The van der Waals surface area contributed by atoms with Gasteiger partial charge in [0.25, 0.3) is 5.56 Å². The van der Waals surface area contributed by atoms with Crippen LogP contribution in [-0.2, 0) is 36.7 Å². The van der Waals surface area contributed by atoms with Gasteiger partial charge in [-0.1, -0.05) is 25.1 Å². The average molecular weight is 332 g/mol. The maximum atomic E-state index is 11.8. The lowest BCUT2D eigenvalue weighted by molar-refractivity contribution is -0.147. The zero-order valence-corrected chi connectivity index (χ0v) is 13.9. The molecule has 2 aromatic rings. The van der Waals surface area contributed by atoms with E-state index in [1.807, 2.05) is 25.1 Å². The second kappa shape index (κ2) is 7.63. The van der Waals surface area contributed by atoms with E-state index >= 15 is 0 Å². The number of aromatic nitrogens is 2. The summed E-state index contributed by atoms with van der Waals surface area (Å²) < 4.78 is 12.8. The lowest BCUT2D eigenvalue weighted by atomic mass is 10.1. The summed E-state index contributed by atoms with van der Waals surface area (Å²) in [5.41, 5.74) is 0.406. The van der Waals surface area contributed by atoms with Crippen LogP contribution in [0.3, 0.4) is 0 Å². The number of hydrogen-bond donors (Lipinski definition) is 0. The second-order valence-corrected chi connectivity index (χ2v) is 5.29. The van der Waals surface area contributed by atoms with Gasteiger partial charge in [0.05, 0.1) is 5.69 Å². The van der Waals surface area contributed by atoms with Crippen LogP contribution in [0.4, 0.5) is 0 Å². The molecule has 0 aliphatic heterocycles. The van der Waals surface area contributed by atoms with Crippen LogP contribution in [0.25, 0.3) is 0 Å². The zero-order chi connectivity index (χ0) is 17.7. The highest BCUT2D eigenvalue weighted by Crippen LogP contribution is 2.18. The molecule has 0 spiro atoms. The van der Waals surface area contributed by atoms with E-state index in [1.165, 1.54) is 24.7 Å². The fraction of sp³-hybridized carbons (Fsp3) is 0.353. The standard InChI is InChI=1S/C17H20N2O5/c1-4-12-7-5-6-8-14(12)23-11-16(21)24-10-13-9-15(20)19(3)17(22)18(13)2/h5-9H,4,10-11H2,1-3H3. The van der Waals surface area contributed by atoms with E-state index in [-0.39, 0.29) is 13.2 Å². The fourth-order valence-electron chi connectivity index (χ4n) is 2.19. The number of ether oxygens (including phenoxy) is 2. The molecular formula is C17H20N2O5. The van der Waals surface area contributed by atoms with Crippen molar-refractivity contribution in [3.05, 3.63) is 62.4 Å². The van der Waals surface area contributed by atoms with Gasteiger partial charge < -0.3 is 9.47 Å². The number of aryl methyl sites for hydroxylation is 1. The minimum absolute atomic E-state index is 0.167. The first-order valence-corrected chi connectivity index (χ1v) is 7.56. The fourth-order valence-corrected chi connectivity index (χ4v) is 2.19. The number of hydrogen-bond acceptors (Lipinski definition) is 5. The van der Waals surface area contributed by atoms with E-state index in [0.29, 0.717) is 11.4 Å². The van der Waals surface area contributed by atoms with Crippen molar-refractivity contribution in [3.63, 3.8) is 0 Å². The van der Waals surface area contributed by atoms with Crippen molar-refractivity contribution in [1.29, 1.82) is 0 Å². The minimum Gasteiger partial charge on any atom is -0.482 e. The van der Waals surface area contributed by atoms with E-state index in [4.69, 9.17) is 9.47 Å². The molecule has 0 amide bonds. The number of esters is 1. The molecule has 0 atom stereocenters. The molecule has 7 heteroatoms. The van der Waals surface area contributed by atoms with Gasteiger partial charge in [-0.15, -0.1) is 0 Å². The first kappa shape index (κ1) is 17.5. The van der Waals surface area contributed by atoms with Crippen molar-refractivity contribution in [3.8, 4) is 5.75 Å². The Hall–Kier alpha value is -2.83. The van der Waals surface area contributed by atoms with Crippen molar-refractivity contribution in [2.75, 3.05) is 6.61 Å². The van der Waals surface area contributed by atoms with Crippen LogP contribution in [0.2, 0.25) is 0 Å². The Morgan fingerprint density at radius 2 is 1.83 bits per heavy atom. The molecule has 1 aromatic heterocycles. The number of carbonyl (C=O) groups excluding carboxylic acids is 1. The van der Waals surface area contributed by atoms with Gasteiger partial charge in [-0.25, -0.2) is 9.59 Å². The van der Waals surface area contributed by atoms with E-state index in [9.17, 15) is 14.4 Å². The van der Waals surface area contributed by atoms with Gasteiger partial charge >= 0.3 is 11.7 Å². The molecule has 0 saturated heterocycles. The molecule has 0 N–H and O–H groups in total. The Labute approximate surface area is 139 Å². The molecule has 7 nitrogen and oxygen atoms in total. The van der Waals surface area contributed by atoms with Gasteiger partial charge in [0.1, 0.15) is 12.4 Å². The molecule has 0 unspecified atom stereocenters. The van der Waals surface area contributed by atoms with Crippen molar-refractivity contribution in [2.45, 2.75) is 20.0 Å². The minimum atomic E-state index is -0.575. The monoisotopic (exact) mass is 332 g/mol. The zero-order valence-electron chi connectivity index (χ0n) is 13.9. The summed E-state index contributed by atoms with van der Waals surface area (Å²) >= 11 is 0. The molecular weight excluding hydrogens is 312 g/mol. The Morgan fingerprint density at radius 1 is 1.12 bits per heavy atom. The lowest BCUT2D eigenvalue weighted by Gasteiger charge is -2.12. The van der Waals surface area contributed by atoms with Gasteiger partial charge in [0, 0.05) is 20.2 Å². The summed E-state index contributed by atoms with van der Waals surface area (Å²) in [4.78, 5) is 35.2. The Balaban J connectivity index is 1.97. The van der Waals surface area contributed by atoms with E-state index in [2.05, 4.69) is 0 Å². The highest BCUT2D eigenvalue weighted by atomic mass is 16.6. The summed E-state index contributed by atoms with van der Waals surface area (Å²) in [5, 5.41) is 0. The molecule has 0 radical (unpaired) electrons. The topological polar surface area (TPSA) is 79.5 Å². The van der Waals surface area contributed by atoms with Crippen LogP contribution in [0, 0.1) is 0 Å². The normalized spacial score (nSPS) is 10.5. The summed E-state index contributed by atoms with van der Waals surface area (Å²) in [7, 11) is 2.90. The molecule has 2 rings (SSSR count). The molecule has 0 bridgehead atoms. The van der Waals surface area contributed by atoms with Gasteiger partial charge in [0.15, 0.2) is 6.61 Å². The third kappa shape index (κ3) is 3.92. The summed E-state index contributed by atoms with van der Waals surface area (Å²) in [6.07, 6.45) is 0.792. The van der Waals surface area contributed by atoms with Crippen LogP contribution >= 0.6 is 0 Å². The lowest BCUT2D eigenvalue weighted by Crippen LogP contribution is -2.38. The number of para-hydroxylation sites is 1. The highest BCUT2D eigenvalue weighted by Gasteiger charge is 2.10. The number of nitrogens with zero attached hydrogens (tertiary/aromatic N) is 2. The molecule has 1 heterocycles. The Bertz CT molecular complexity index is 851. The molecule has 0 aliphatic rings. The highest BCUT2D eigenvalue weighted by molar-refractivity contribution is 5.71. The number of rotatable bonds is 6. The maximum absolute atomic E-state index is 11.8. The summed E-state index contributed by atoms with van der Waals surface area (Å²) in [6, 6.07) is 8.71. The van der Waals surface area contributed by atoms with Crippen molar-refractivity contribution < 1.29 is 14.3 Å². The van der Waals surface area contributed by atoms with Gasteiger partial charge in [-0.2, -0.15) is 0 Å². The Morgan fingerprint density at radius 3 is 2.54 bits per heavy atom. The molecule has 1 aromatic carbocycles. The van der Waals surface area contributed by atoms with Crippen molar-refractivity contribution in [1.82, 2.24) is 9.13 Å². The molecule has 0 fully saturated rings. The molecule has 128 valence electrons. The van der Waals surface area contributed by atoms with Crippen LogP contribution in [0.15, 0.2) is 39.9 Å². The quantitative estimate of drug-likeness (QED) is 0.730. The van der Waals surface area contributed by atoms with Crippen LogP contribution in [0.5, 0.6) is 5.75 Å². The summed E-state index contributed by atoms with van der Waals surface area (Å²) in [6.45, 7) is 1.59. The first-order chi connectivity index (χ1) is 11.4.